The maximum absolute atomic E-state index is 12.3. The summed E-state index contributed by atoms with van der Waals surface area (Å²) in [6.45, 7) is 16.7. The van der Waals surface area contributed by atoms with E-state index >= 15 is 0 Å². The number of carbonyl (C=O) groups excluding carboxylic acids is 2. The van der Waals surface area contributed by atoms with Gasteiger partial charge in [-0.25, -0.2) is 0 Å². The summed E-state index contributed by atoms with van der Waals surface area (Å²) in [5.41, 5.74) is -0.469. The molecule has 0 radical (unpaired) electrons. The first kappa shape index (κ1) is 30.4. The average molecular weight is 505 g/mol. The summed E-state index contributed by atoms with van der Waals surface area (Å²) >= 11 is 1.71. The van der Waals surface area contributed by atoms with Gasteiger partial charge in [-0.2, -0.15) is 0 Å². The number of thioether (sulfide) groups is 1. The molecule has 0 saturated heterocycles. The molecule has 1 aromatic rings. The van der Waals surface area contributed by atoms with Gasteiger partial charge in [-0.1, -0.05) is 63.3 Å². The van der Waals surface area contributed by atoms with Crippen molar-refractivity contribution in [1.82, 2.24) is 0 Å². The predicted octanol–water partition coefficient (Wildman–Crippen LogP) is 7.75. The Bertz CT molecular complexity index is 817. The van der Waals surface area contributed by atoms with E-state index in [1.54, 1.807) is 11.8 Å². The number of allylic oxidation sites excluding steroid dienone is 2. The molecule has 4 nitrogen and oxygen atoms in total. The van der Waals surface area contributed by atoms with Crippen molar-refractivity contribution in [3.63, 3.8) is 0 Å². The van der Waals surface area contributed by atoms with Crippen molar-refractivity contribution in [2.75, 3.05) is 5.75 Å². The summed E-state index contributed by atoms with van der Waals surface area (Å²) in [5, 5.41) is 0.0773. The summed E-state index contributed by atoms with van der Waals surface area (Å²) in [6, 6.07) is 10.1. The second-order valence-corrected chi connectivity index (χ2v) is 16.9. The number of Topliss-reactive ketones (excluding diaryl/α,β-unsaturated/α-hetero) is 1. The molecular weight excluding hydrogens is 460 g/mol. The van der Waals surface area contributed by atoms with Crippen LogP contribution >= 0.6 is 11.8 Å². The lowest BCUT2D eigenvalue weighted by Crippen LogP contribution is -2.43. The quantitative estimate of drug-likeness (QED) is 0.119. The average Bonchev–Trinajstić information content (AvgIpc) is 2.69. The second kappa shape index (κ2) is 14.1. The molecule has 0 unspecified atom stereocenters. The van der Waals surface area contributed by atoms with Crippen molar-refractivity contribution in [2.45, 2.75) is 102 Å². The van der Waals surface area contributed by atoms with E-state index in [2.05, 4.69) is 46.0 Å². The molecule has 0 spiro atoms. The fraction of sp³-hybridized carbons (Fsp3) is 0.571. The predicted molar refractivity (Wildman–Crippen MR) is 147 cm³/mol. The number of ketones is 1. The highest BCUT2D eigenvalue weighted by Crippen LogP contribution is 2.37. The van der Waals surface area contributed by atoms with Crippen LogP contribution in [0.15, 0.2) is 59.5 Å². The molecule has 190 valence electrons. The van der Waals surface area contributed by atoms with Crippen LogP contribution in [0.3, 0.4) is 0 Å². The molecule has 1 rings (SSSR count). The van der Waals surface area contributed by atoms with Crippen LogP contribution in [0.5, 0.6) is 0 Å². The number of ether oxygens (including phenoxy) is 1. The van der Waals surface area contributed by atoms with Crippen LogP contribution in [0.1, 0.15) is 67.2 Å². The number of hydrogen-bond acceptors (Lipinski definition) is 5. The lowest BCUT2D eigenvalue weighted by molar-refractivity contribution is -0.154. The van der Waals surface area contributed by atoms with Gasteiger partial charge in [0.25, 0.3) is 0 Å². The summed E-state index contributed by atoms with van der Waals surface area (Å²) in [4.78, 5) is 25.5. The van der Waals surface area contributed by atoms with E-state index in [0.717, 1.165) is 5.75 Å². The summed E-state index contributed by atoms with van der Waals surface area (Å²) in [6.07, 6.45) is 9.53. The summed E-state index contributed by atoms with van der Waals surface area (Å²) in [5.74, 6) is 0.804. The van der Waals surface area contributed by atoms with Crippen LogP contribution in [0.25, 0.3) is 0 Å². The molecule has 6 heteroatoms. The molecule has 0 N–H and O–H groups in total. The minimum Gasteiger partial charge on any atom is -0.460 e. The number of rotatable bonds is 13. The van der Waals surface area contributed by atoms with E-state index in [0.29, 0.717) is 25.7 Å². The zero-order valence-corrected chi connectivity index (χ0v) is 24.2. The molecule has 34 heavy (non-hydrogen) atoms. The maximum Gasteiger partial charge on any atom is 0.306 e. The molecule has 1 atom stereocenters. The minimum absolute atomic E-state index is 0.0773. The van der Waals surface area contributed by atoms with Gasteiger partial charge in [-0.05, 0) is 57.5 Å². The molecule has 0 fully saturated rings. The van der Waals surface area contributed by atoms with Crippen LogP contribution in [-0.2, 0) is 18.8 Å². The molecule has 1 aromatic carbocycles. The zero-order chi connectivity index (χ0) is 25.8. The number of benzene rings is 1. The Kier molecular flexibility index (Phi) is 12.6. The standard InChI is InChI=1S/C28H44O4SSi/c1-27(2,3)31-26(30)20-13-12-16-24(32-34(7,8)28(4,5)6)17-14-15-23(29)21-22-33-25-18-10-9-11-19-25/h9-12,14,16-19,24H,13,15,20-22H2,1-8H3/b16-12+,17-14-/t24-/m0/s1. The number of carbonyl (C=O) groups is 2. The summed E-state index contributed by atoms with van der Waals surface area (Å²) in [7, 11) is -2.00. The van der Waals surface area contributed by atoms with Crippen molar-refractivity contribution in [1.29, 1.82) is 0 Å². The first-order valence-electron chi connectivity index (χ1n) is 12.1. The van der Waals surface area contributed by atoms with Gasteiger partial charge in [0.15, 0.2) is 8.32 Å². The molecule has 0 heterocycles. The first-order valence-corrected chi connectivity index (χ1v) is 16.0. The van der Waals surface area contributed by atoms with E-state index in [1.165, 1.54) is 4.90 Å². The Hall–Kier alpha value is -1.63. The molecule has 0 aliphatic rings. The van der Waals surface area contributed by atoms with Gasteiger partial charge < -0.3 is 9.16 Å². The fourth-order valence-corrected chi connectivity index (χ4v) is 4.83. The van der Waals surface area contributed by atoms with Crippen LogP contribution in [0.2, 0.25) is 18.1 Å². The van der Waals surface area contributed by atoms with Gasteiger partial charge in [0, 0.05) is 29.9 Å². The zero-order valence-electron chi connectivity index (χ0n) is 22.4. The van der Waals surface area contributed by atoms with E-state index in [1.807, 2.05) is 63.3 Å². The van der Waals surface area contributed by atoms with Gasteiger partial charge in [0.1, 0.15) is 11.4 Å². The van der Waals surface area contributed by atoms with E-state index in [-0.39, 0.29) is 22.9 Å². The van der Waals surface area contributed by atoms with E-state index in [4.69, 9.17) is 9.16 Å². The second-order valence-electron chi connectivity index (χ2n) is 11.0. The third kappa shape index (κ3) is 13.3. The number of esters is 1. The van der Waals surface area contributed by atoms with Crippen LogP contribution in [0, 0.1) is 0 Å². The molecular formula is C28H44O4SSi. The monoisotopic (exact) mass is 504 g/mol. The molecule has 0 bridgehead atoms. The van der Waals surface area contributed by atoms with Gasteiger partial charge in [-0.3, -0.25) is 9.59 Å². The fourth-order valence-electron chi connectivity index (χ4n) is 2.72. The maximum atomic E-state index is 12.3. The molecule has 0 aromatic heterocycles. The van der Waals surface area contributed by atoms with Gasteiger partial charge in [0.05, 0.1) is 6.10 Å². The van der Waals surface area contributed by atoms with Crippen LogP contribution < -0.4 is 0 Å². The smallest absolute Gasteiger partial charge is 0.306 e. The molecule has 0 saturated carbocycles. The molecule has 0 amide bonds. The third-order valence-corrected chi connectivity index (χ3v) is 11.0. The van der Waals surface area contributed by atoms with Crippen molar-refractivity contribution < 1.29 is 18.8 Å². The molecule has 0 aliphatic heterocycles. The highest BCUT2D eigenvalue weighted by molar-refractivity contribution is 7.99. The minimum atomic E-state index is -2.00. The van der Waals surface area contributed by atoms with Crippen LogP contribution in [-0.4, -0.2) is 37.5 Å². The lowest BCUT2D eigenvalue weighted by atomic mass is 10.2. The van der Waals surface area contributed by atoms with Crippen molar-refractivity contribution in [3.05, 3.63) is 54.6 Å². The Labute approximate surface area is 212 Å². The highest BCUT2D eigenvalue weighted by Gasteiger charge is 2.38. The lowest BCUT2D eigenvalue weighted by Gasteiger charge is -2.38. The molecule has 0 aliphatic carbocycles. The Morgan fingerprint density at radius 2 is 1.59 bits per heavy atom. The normalized spacial score (nSPS) is 14.0. The van der Waals surface area contributed by atoms with Gasteiger partial charge >= 0.3 is 5.97 Å². The van der Waals surface area contributed by atoms with Crippen molar-refractivity contribution in [2.24, 2.45) is 0 Å². The first-order chi connectivity index (χ1) is 15.7. The van der Waals surface area contributed by atoms with Gasteiger partial charge in [0.2, 0.25) is 0 Å². The van der Waals surface area contributed by atoms with E-state index < -0.39 is 13.9 Å². The van der Waals surface area contributed by atoms with Crippen molar-refractivity contribution >= 4 is 31.8 Å². The van der Waals surface area contributed by atoms with Gasteiger partial charge in [-0.15, -0.1) is 11.8 Å². The largest absolute Gasteiger partial charge is 0.460 e. The number of hydrogen-bond donors (Lipinski definition) is 0. The SMILES string of the molecule is CC(C)(C)OC(=O)CC/C=C/[C@@H](/C=C\CC(=O)CCSc1ccccc1)O[Si](C)(C)C(C)(C)C. The Morgan fingerprint density at radius 3 is 2.18 bits per heavy atom. The van der Waals surface area contributed by atoms with E-state index in [9.17, 15) is 9.59 Å². The highest BCUT2D eigenvalue weighted by atomic mass is 32.2. The third-order valence-electron chi connectivity index (χ3n) is 5.56. The van der Waals surface area contributed by atoms with Crippen LogP contribution in [0.4, 0.5) is 0 Å². The summed E-state index contributed by atoms with van der Waals surface area (Å²) < 4.78 is 11.9. The Morgan fingerprint density at radius 1 is 0.971 bits per heavy atom. The topological polar surface area (TPSA) is 52.6 Å². The van der Waals surface area contributed by atoms with Crippen molar-refractivity contribution in [3.8, 4) is 0 Å². The Balaban J connectivity index is 2.64.